The minimum absolute atomic E-state index is 0.201. The standard InChI is InChI=1S/C10H7F3N2O2/c1-15-6(9(16)17)4-5-2-3-14-8(7(5)15)10(11,12)13/h2-4H,1H3,(H,16,17). The highest BCUT2D eigenvalue weighted by Gasteiger charge is 2.36. The molecule has 0 fully saturated rings. The maximum atomic E-state index is 12.7. The average Bonchev–Trinajstić information content (AvgIpc) is 2.55. The highest BCUT2D eigenvalue weighted by atomic mass is 19.4. The maximum absolute atomic E-state index is 12.7. The van der Waals surface area contributed by atoms with E-state index in [1.165, 1.54) is 19.2 Å². The number of hydrogen-bond donors (Lipinski definition) is 1. The molecule has 0 amide bonds. The summed E-state index contributed by atoms with van der Waals surface area (Å²) in [6, 6.07) is 2.53. The fourth-order valence-corrected chi connectivity index (χ4v) is 1.72. The van der Waals surface area contributed by atoms with Gasteiger partial charge in [0, 0.05) is 18.6 Å². The molecule has 2 rings (SSSR count). The predicted octanol–water partition coefficient (Wildman–Crippen LogP) is 2.29. The van der Waals surface area contributed by atoms with Gasteiger partial charge in [-0.3, -0.25) is 0 Å². The molecule has 90 valence electrons. The van der Waals surface area contributed by atoms with Crippen molar-refractivity contribution in [3.8, 4) is 0 Å². The molecule has 2 aromatic heterocycles. The fourth-order valence-electron chi connectivity index (χ4n) is 1.72. The number of aryl methyl sites for hydroxylation is 1. The molecule has 0 saturated heterocycles. The third kappa shape index (κ3) is 1.73. The van der Waals surface area contributed by atoms with Crippen LogP contribution < -0.4 is 0 Å². The van der Waals surface area contributed by atoms with E-state index >= 15 is 0 Å². The molecule has 0 aliphatic carbocycles. The molecule has 0 spiro atoms. The Bertz CT molecular complexity index is 601. The van der Waals surface area contributed by atoms with E-state index in [-0.39, 0.29) is 16.6 Å². The Labute approximate surface area is 93.3 Å². The number of rotatable bonds is 1. The number of pyridine rings is 1. The molecule has 0 aromatic carbocycles. The van der Waals surface area contributed by atoms with Gasteiger partial charge in [-0.25, -0.2) is 9.78 Å². The van der Waals surface area contributed by atoms with Crippen LogP contribution in [0.15, 0.2) is 18.3 Å². The number of alkyl halides is 3. The number of aromatic carboxylic acids is 1. The number of carboxylic acid groups (broad SMARTS) is 1. The van der Waals surface area contributed by atoms with E-state index in [0.29, 0.717) is 0 Å². The number of aromatic nitrogens is 2. The van der Waals surface area contributed by atoms with Gasteiger partial charge in [0.2, 0.25) is 0 Å². The lowest BCUT2D eigenvalue weighted by Gasteiger charge is -2.08. The summed E-state index contributed by atoms with van der Waals surface area (Å²) >= 11 is 0. The van der Waals surface area contributed by atoms with Crippen molar-refractivity contribution >= 4 is 16.9 Å². The largest absolute Gasteiger partial charge is 0.477 e. The molecule has 2 heterocycles. The topological polar surface area (TPSA) is 55.1 Å². The van der Waals surface area contributed by atoms with Crippen LogP contribution in [0.25, 0.3) is 10.9 Å². The van der Waals surface area contributed by atoms with Gasteiger partial charge in [0.25, 0.3) is 0 Å². The van der Waals surface area contributed by atoms with Gasteiger partial charge in [0.1, 0.15) is 5.69 Å². The Morgan fingerprint density at radius 3 is 2.65 bits per heavy atom. The van der Waals surface area contributed by atoms with E-state index in [4.69, 9.17) is 5.11 Å². The predicted molar refractivity (Wildman–Crippen MR) is 52.7 cm³/mol. The van der Waals surface area contributed by atoms with Crippen LogP contribution in [-0.4, -0.2) is 20.6 Å². The van der Waals surface area contributed by atoms with Crippen molar-refractivity contribution in [2.24, 2.45) is 7.05 Å². The summed E-state index contributed by atoms with van der Waals surface area (Å²) in [6.07, 6.45) is -3.60. The van der Waals surface area contributed by atoms with Gasteiger partial charge in [0.15, 0.2) is 5.69 Å². The summed E-state index contributed by atoms with van der Waals surface area (Å²) in [5.41, 5.74) is -1.51. The lowest BCUT2D eigenvalue weighted by molar-refractivity contribution is -0.140. The van der Waals surface area contributed by atoms with Gasteiger partial charge < -0.3 is 9.67 Å². The van der Waals surface area contributed by atoms with Crippen molar-refractivity contribution in [1.29, 1.82) is 0 Å². The highest BCUT2D eigenvalue weighted by Crippen LogP contribution is 2.33. The third-order valence-corrected chi connectivity index (χ3v) is 2.43. The third-order valence-electron chi connectivity index (χ3n) is 2.43. The lowest BCUT2D eigenvalue weighted by atomic mass is 10.2. The molecule has 0 unspecified atom stereocenters. The van der Waals surface area contributed by atoms with Crippen LogP contribution in [0.1, 0.15) is 16.2 Å². The molecule has 4 nitrogen and oxygen atoms in total. The Morgan fingerprint density at radius 2 is 2.12 bits per heavy atom. The molecule has 17 heavy (non-hydrogen) atoms. The van der Waals surface area contributed by atoms with E-state index in [0.717, 1.165) is 10.8 Å². The van der Waals surface area contributed by atoms with Gasteiger partial charge >= 0.3 is 12.1 Å². The van der Waals surface area contributed by atoms with Gasteiger partial charge in [-0.15, -0.1) is 0 Å². The van der Waals surface area contributed by atoms with Crippen LogP contribution in [0, 0.1) is 0 Å². The summed E-state index contributed by atoms with van der Waals surface area (Å²) < 4.78 is 39.0. The zero-order valence-electron chi connectivity index (χ0n) is 8.62. The van der Waals surface area contributed by atoms with E-state index in [2.05, 4.69) is 4.98 Å². The summed E-state index contributed by atoms with van der Waals surface area (Å²) in [6.45, 7) is 0. The normalized spacial score (nSPS) is 12.0. The van der Waals surface area contributed by atoms with Crippen LogP contribution in [0.5, 0.6) is 0 Å². The average molecular weight is 244 g/mol. The van der Waals surface area contributed by atoms with Crippen molar-refractivity contribution in [1.82, 2.24) is 9.55 Å². The van der Waals surface area contributed by atoms with E-state index < -0.39 is 17.8 Å². The van der Waals surface area contributed by atoms with Crippen molar-refractivity contribution in [2.75, 3.05) is 0 Å². The molecule has 0 radical (unpaired) electrons. The Kier molecular flexibility index (Phi) is 2.34. The highest BCUT2D eigenvalue weighted by molar-refractivity contribution is 5.95. The second kappa shape index (κ2) is 3.47. The number of nitrogens with zero attached hydrogens (tertiary/aromatic N) is 2. The maximum Gasteiger partial charge on any atom is 0.435 e. The summed E-state index contributed by atoms with van der Waals surface area (Å²) in [7, 11) is 1.27. The minimum atomic E-state index is -4.61. The number of hydrogen-bond acceptors (Lipinski definition) is 2. The molecule has 1 N–H and O–H groups in total. The van der Waals surface area contributed by atoms with E-state index in [1.54, 1.807) is 0 Å². The summed E-state index contributed by atoms with van der Waals surface area (Å²) in [5, 5.41) is 9.04. The molecule has 0 atom stereocenters. The first kappa shape index (κ1) is 11.4. The molecular formula is C10H7F3N2O2. The van der Waals surface area contributed by atoms with Crippen LogP contribution in [-0.2, 0) is 13.2 Å². The number of carboxylic acids is 1. The second-order valence-electron chi connectivity index (χ2n) is 3.49. The van der Waals surface area contributed by atoms with Crippen molar-refractivity contribution < 1.29 is 23.1 Å². The number of fused-ring (bicyclic) bond motifs is 1. The summed E-state index contributed by atoms with van der Waals surface area (Å²) in [5.74, 6) is -1.28. The molecule has 2 aromatic rings. The monoisotopic (exact) mass is 244 g/mol. The number of carbonyl (C=O) groups is 1. The quantitative estimate of drug-likeness (QED) is 0.837. The Hall–Kier alpha value is -2.05. The fraction of sp³-hybridized carbons (Fsp3) is 0.200. The molecule has 0 bridgehead atoms. The first-order chi connectivity index (χ1) is 7.82. The van der Waals surface area contributed by atoms with Gasteiger partial charge in [-0.1, -0.05) is 0 Å². The minimum Gasteiger partial charge on any atom is -0.477 e. The van der Waals surface area contributed by atoms with Gasteiger partial charge in [0.05, 0.1) is 5.52 Å². The zero-order valence-corrected chi connectivity index (χ0v) is 8.62. The van der Waals surface area contributed by atoms with Crippen LogP contribution >= 0.6 is 0 Å². The first-order valence-electron chi connectivity index (χ1n) is 4.57. The SMILES string of the molecule is Cn1c(C(=O)O)cc2ccnc(C(F)(F)F)c21. The van der Waals surface area contributed by atoms with Crippen molar-refractivity contribution in [3.05, 3.63) is 29.7 Å². The van der Waals surface area contributed by atoms with Gasteiger partial charge in [-0.2, -0.15) is 13.2 Å². The van der Waals surface area contributed by atoms with Crippen LogP contribution in [0.4, 0.5) is 13.2 Å². The van der Waals surface area contributed by atoms with E-state index in [1.807, 2.05) is 0 Å². The summed E-state index contributed by atoms with van der Waals surface area (Å²) in [4.78, 5) is 14.1. The lowest BCUT2D eigenvalue weighted by Crippen LogP contribution is -2.11. The molecular weight excluding hydrogens is 237 g/mol. The molecule has 0 saturated carbocycles. The van der Waals surface area contributed by atoms with Crippen LogP contribution in [0.2, 0.25) is 0 Å². The first-order valence-corrected chi connectivity index (χ1v) is 4.57. The second-order valence-corrected chi connectivity index (χ2v) is 3.49. The smallest absolute Gasteiger partial charge is 0.435 e. The van der Waals surface area contributed by atoms with Gasteiger partial charge in [-0.05, 0) is 12.1 Å². The van der Waals surface area contributed by atoms with Crippen LogP contribution in [0.3, 0.4) is 0 Å². The molecule has 0 aliphatic heterocycles. The Morgan fingerprint density at radius 1 is 1.47 bits per heavy atom. The van der Waals surface area contributed by atoms with Crippen molar-refractivity contribution in [2.45, 2.75) is 6.18 Å². The molecule has 0 aliphatic rings. The van der Waals surface area contributed by atoms with E-state index in [9.17, 15) is 18.0 Å². The molecule has 7 heteroatoms. The number of halogens is 3. The zero-order chi connectivity index (χ0) is 12.8. The van der Waals surface area contributed by atoms with Crippen molar-refractivity contribution in [3.63, 3.8) is 0 Å². The Balaban J connectivity index is 2.85.